The van der Waals surface area contributed by atoms with Gasteiger partial charge >= 0.3 is 0 Å². The number of methoxy groups -OCH3 is 1. The summed E-state index contributed by atoms with van der Waals surface area (Å²) < 4.78 is 5.25. The van der Waals surface area contributed by atoms with E-state index in [1.807, 2.05) is 36.3 Å². The first-order valence-electron chi connectivity index (χ1n) is 7.08. The van der Waals surface area contributed by atoms with E-state index < -0.39 is 0 Å². The molecule has 1 aromatic heterocycles. The lowest BCUT2D eigenvalue weighted by Gasteiger charge is -2.34. The first-order valence-corrected chi connectivity index (χ1v) is 7.08. The van der Waals surface area contributed by atoms with E-state index in [1.54, 1.807) is 7.11 Å². The fourth-order valence-electron chi connectivity index (χ4n) is 2.70. The number of H-pyrrole nitrogens is 1. The van der Waals surface area contributed by atoms with Gasteiger partial charge in [0.1, 0.15) is 5.75 Å². The molecule has 2 aromatic rings. The van der Waals surface area contributed by atoms with Crippen LogP contribution in [0.4, 0.5) is 0 Å². The lowest BCUT2D eigenvalue weighted by molar-refractivity contribution is -0.132. The molecule has 3 rings (SSSR count). The number of aromatic nitrogens is 1. The van der Waals surface area contributed by atoms with E-state index in [1.165, 1.54) is 6.42 Å². The molecule has 0 aliphatic heterocycles. The highest BCUT2D eigenvalue weighted by Gasteiger charge is 2.25. The molecule has 0 atom stereocenters. The van der Waals surface area contributed by atoms with Crippen LogP contribution in [0.1, 0.15) is 24.8 Å². The summed E-state index contributed by atoms with van der Waals surface area (Å²) in [4.78, 5) is 17.4. The molecule has 1 heterocycles. The first kappa shape index (κ1) is 13.0. The summed E-state index contributed by atoms with van der Waals surface area (Å²) >= 11 is 0. The van der Waals surface area contributed by atoms with Gasteiger partial charge < -0.3 is 14.6 Å². The average molecular weight is 272 g/mol. The number of carbonyl (C=O) groups is 1. The maximum absolute atomic E-state index is 12.3. The quantitative estimate of drug-likeness (QED) is 0.930. The van der Waals surface area contributed by atoms with Crippen molar-refractivity contribution >= 4 is 16.8 Å². The van der Waals surface area contributed by atoms with Crippen LogP contribution in [0.5, 0.6) is 5.75 Å². The minimum absolute atomic E-state index is 0.193. The predicted octanol–water partition coefficient (Wildman–Crippen LogP) is 2.73. The van der Waals surface area contributed by atoms with E-state index in [-0.39, 0.29) is 5.91 Å². The Morgan fingerprint density at radius 2 is 2.25 bits per heavy atom. The Bertz CT molecular complexity index is 628. The van der Waals surface area contributed by atoms with Gasteiger partial charge in [0.15, 0.2) is 0 Å². The molecule has 1 fully saturated rings. The SMILES string of the molecule is COc1ccc2[nH]cc(CC(=O)N(C)C3CCC3)c2c1. The normalized spacial score (nSPS) is 15.1. The van der Waals surface area contributed by atoms with Gasteiger partial charge in [0.25, 0.3) is 0 Å². The van der Waals surface area contributed by atoms with Crippen molar-refractivity contribution in [1.29, 1.82) is 0 Å². The fourth-order valence-corrected chi connectivity index (χ4v) is 2.70. The van der Waals surface area contributed by atoms with Crippen LogP contribution < -0.4 is 4.74 Å². The van der Waals surface area contributed by atoms with Crippen molar-refractivity contribution < 1.29 is 9.53 Å². The molecule has 1 saturated carbocycles. The highest BCUT2D eigenvalue weighted by Crippen LogP contribution is 2.26. The van der Waals surface area contributed by atoms with Crippen LogP contribution in [-0.4, -0.2) is 36.0 Å². The zero-order chi connectivity index (χ0) is 14.1. The number of benzene rings is 1. The van der Waals surface area contributed by atoms with Crippen LogP contribution >= 0.6 is 0 Å². The van der Waals surface area contributed by atoms with Crippen molar-refractivity contribution in [1.82, 2.24) is 9.88 Å². The Labute approximate surface area is 118 Å². The summed E-state index contributed by atoms with van der Waals surface area (Å²) in [6, 6.07) is 6.34. The minimum Gasteiger partial charge on any atom is -0.497 e. The molecule has 4 nitrogen and oxygen atoms in total. The van der Waals surface area contributed by atoms with Gasteiger partial charge in [-0.25, -0.2) is 0 Å². The monoisotopic (exact) mass is 272 g/mol. The number of nitrogens with zero attached hydrogens (tertiary/aromatic N) is 1. The molecule has 0 radical (unpaired) electrons. The number of rotatable bonds is 4. The van der Waals surface area contributed by atoms with Crippen molar-refractivity contribution in [2.24, 2.45) is 0 Å². The van der Waals surface area contributed by atoms with Gasteiger partial charge in [-0.3, -0.25) is 4.79 Å². The average Bonchev–Trinajstić information content (AvgIpc) is 2.79. The Kier molecular flexibility index (Phi) is 3.38. The standard InChI is InChI=1S/C16H20N2O2/c1-18(12-4-3-5-12)16(19)8-11-10-17-15-7-6-13(20-2)9-14(11)15/h6-7,9-10,12,17H,3-5,8H2,1-2H3. The molecule has 106 valence electrons. The molecule has 0 saturated heterocycles. The summed E-state index contributed by atoms with van der Waals surface area (Å²) in [6.07, 6.45) is 5.90. The molecular weight excluding hydrogens is 252 g/mol. The minimum atomic E-state index is 0.193. The largest absolute Gasteiger partial charge is 0.497 e. The van der Waals surface area contributed by atoms with Crippen molar-refractivity contribution in [3.63, 3.8) is 0 Å². The highest BCUT2D eigenvalue weighted by molar-refractivity contribution is 5.89. The van der Waals surface area contributed by atoms with Crippen molar-refractivity contribution in [3.05, 3.63) is 30.0 Å². The van der Waals surface area contributed by atoms with Gasteiger partial charge in [0.2, 0.25) is 5.91 Å². The van der Waals surface area contributed by atoms with Crippen molar-refractivity contribution in [3.8, 4) is 5.75 Å². The summed E-state index contributed by atoms with van der Waals surface area (Å²) in [5.41, 5.74) is 2.08. The maximum Gasteiger partial charge on any atom is 0.227 e. The van der Waals surface area contributed by atoms with Crippen molar-refractivity contribution in [2.45, 2.75) is 31.7 Å². The Morgan fingerprint density at radius 1 is 1.45 bits per heavy atom. The van der Waals surface area contributed by atoms with Gasteiger partial charge in [-0.05, 0) is 43.0 Å². The molecule has 0 spiro atoms. The number of hydrogen-bond donors (Lipinski definition) is 1. The molecule has 0 bridgehead atoms. The summed E-state index contributed by atoms with van der Waals surface area (Å²) in [5, 5.41) is 1.07. The number of amides is 1. The molecule has 20 heavy (non-hydrogen) atoms. The Hall–Kier alpha value is -1.97. The van der Waals surface area contributed by atoms with Crippen LogP contribution in [0.25, 0.3) is 10.9 Å². The van der Waals surface area contributed by atoms with E-state index in [0.29, 0.717) is 12.5 Å². The number of ether oxygens (including phenoxy) is 1. The summed E-state index contributed by atoms with van der Waals surface area (Å²) in [6.45, 7) is 0. The van der Waals surface area contributed by atoms with Crippen LogP contribution in [0.3, 0.4) is 0 Å². The Morgan fingerprint density at radius 3 is 2.90 bits per heavy atom. The van der Waals surface area contributed by atoms with Crippen LogP contribution in [0.2, 0.25) is 0 Å². The number of hydrogen-bond acceptors (Lipinski definition) is 2. The molecule has 0 unspecified atom stereocenters. The number of fused-ring (bicyclic) bond motifs is 1. The van der Waals surface area contributed by atoms with Gasteiger partial charge in [0, 0.05) is 30.2 Å². The second-order valence-corrected chi connectivity index (χ2v) is 5.49. The second-order valence-electron chi connectivity index (χ2n) is 5.49. The van der Waals surface area contributed by atoms with E-state index in [0.717, 1.165) is 35.1 Å². The summed E-state index contributed by atoms with van der Waals surface area (Å²) in [7, 11) is 3.57. The van der Waals surface area contributed by atoms with Crippen molar-refractivity contribution in [2.75, 3.05) is 14.2 Å². The van der Waals surface area contributed by atoms with E-state index in [2.05, 4.69) is 4.98 Å². The lowest BCUT2D eigenvalue weighted by atomic mass is 9.91. The molecule has 1 N–H and O–H groups in total. The molecular formula is C16H20N2O2. The number of carbonyl (C=O) groups excluding carboxylic acids is 1. The van der Waals surface area contributed by atoms with E-state index in [4.69, 9.17) is 4.74 Å². The molecule has 4 heteroatoms. The molecule has 1 amide bonds. The smallest absolute Gasteiger partial charge is 0.227 e. The number of nitrogens with one attached hydrogen (secondary N) is 1. The van der Waals surface area contributed by atoms with Gasteiger partial charge in [0.05, 0.1) is 13.5 Å². The van der Waals surface area contributed by atoms with Crippen LogP contribution in [0.15, 0.2) is 24.4 Å². The third kappa shape index (κ3) is 2.26. The number of likely N-dealkylation sites (N-methyl/N-ethyl adjacent to an activating group) is 1. The predicted molar refractivity (Wildman–Crippen MR) is 79.0 cm³/mol. The molecule has 1 aliphatic rings. The zero-order valence-electron chi connectivity index (χ0n) is 12.0. The number of aromatic amines is 1. The van der Waals surface area contributed by atoms with Gasteiger partial charge in [-0.1, -0.05) is 0 Å². The second kappa shape index (κ2) is 5.19. The van der Waals surface area contributed by atoms with Gasteiger partial charge in [-0.15, -0.1) is 0 Å². The Balaban J connectivity index is 1.81. The van der Waals surface area contributed by atoms with E-state index >= 15 is 0 Å². The first-order chi connectivity index (χ1) is 9.69. The van der Waals surface area contributed by atoms with E-state index in [9.17, 15) is 4.79 Å². The highest BCUT2D eigenvalue weighted by atomic mass is 16.5. The van der Waals surface area contributed by atoms with Crippen LogP contribution in [-0.2, 0) is 11.2 Å². The molecule has 1 aromatic carbocycles. The third-order valence-corrected chi connectivity index (χ3v) is 4.33. The maximum atomic E-state index is 12.3. The molecule has 1 aliphatic carbocycles. The van der Waals surface area contributed by atoms with Crippen LogP contribution in [0, 0.1) is 0 Å². The topological polar surface area (TPSA) is 45.3 Å². The fraction of sp³-hybridized carbons (Fsp3) is 0.438. The summed E-state index contributed by atoms with van der Waals surface area (Å²) in [5.74, 6) is 1.01. The lowest BCUT2D eigenvalue weighted by Crippen LogP contribution is -2.41. The van der Waals surface area contributed by atoms with Gasteiger partial charge in [-0.2, -0.15) is 0 Å². The third-order valence-electron chi connectivity index (χ3n) is 4.33. The zero-order valence-corrected chi connectivity index (χ0v) is 12.0.